The predicted molar refractivity (Wildman–Crippen MR) is 235 cm³/mol. The zero-order valence-electron chi connectivity index (χ0n) is 29.8. The van der Waals surface area contributed by atoms with E-state index in [1.807, 2.05) is 11.8 Å². The van der Waals surface area contributed by atoms with E-state index in [4.69, 9.17) is 0 Å². The van der Waals surface area contributed by atoms with Crippen LogP contribution < -0.4 is 4.90 Å². The van der Waals surface area contributed by atoms with Crippen molar-refractivity contribution in [2.24, 2.45) is 0 Å². The summed E-state index contributed by atoms with van der Waals surface area (Å²) in [6.45, 7) is 0. The molecule has 0 unspecified atom stereocenters. The molecule has 0 atom stereocenters. The van der Waals surface area contributed by atoms with Crippen LogP contribution in [0, 0.1) is 0 Å². The van der Waals surface area contributed by atoms with E-state index in [0.717, 1.165) is 5.69 Å². The van der Waals surface area contributed by atoms with Gasteiger partial charge in [0.15, 0.2) is 0 Å². The Morgan fingerprint density at radius 2 is 0.873 bits per heavy atom. The van der Waals surface area contributed by atoms with E-state index < -0.39 is 0 Å². The molecule has 0 N–H and O–H groups in total. The van der Waals surface area contributed by atoms with Gasteiger partial charge < -0.3 is 9.47 Å². The van der Waals surface area contributed by atoms with Crippen LogP contribution in [0.4, 0.5) is 17.1 Å². The summed E-state index contributed by atoms with van der Waals surface area (Å²) in [5, 5.41) is 12.7. The third-order valence-electron chi connectivity index (χ3n) is 11.5. The average Bonchev–Trinajstić information content (AvgIpc) is 3.58. The Balaban J connectivity index is 1.08. The lowest BCUT2D eigenvalue weighted by Gasteiger charge is -2.34. The maximum Gasteiger partial charge on any atom is 0.0608 e. The van der Waals surface area contributed by atoms with Gasteiger partial charge in [-0.25, -0.2) is 0 Å². The van der Waals surface area contributed by atoms with Crippen LogP contribution in [0.1, 0.15) is 0 Å². The van der Waals surface area contributed by atoms with Crippen LogP contribution in [0.15, 0.2) is 204 Å². The van der Waals surface area contributed by atoms with Gasteiger partial charge in [0.25, 0.3) is 0 Å². The van der Waals surface area contributed by atoms with Crippen LogP contribution >= 0.6 is 11.8 Å². The van der Waals surface area contributed by atoms with Crippen molar-refractivity contribution in [1.82, 2.24) is 4.57 Å². The van der Waals surface area contributed by atoms with E-state index in [-0.39, 0.29) is 0 Å². The number of hydrogen-bond donors (Lipinski definition) is 0. The molecule has 12 rings (SSSR count). The number of nitrogens with zero attached hydrogens (tertiary/aromatic N) is 2. The molecule has 0 aliphatic carbocycles. The molecule has 11 aromatic rings. The number of para-hydroxylation sites is 2. The lowest BCUT2D eigenvalue weighted by molar-refractivity contribution is 1.17. The van der Waals surface area contributed by atoms with Crippen LogP contribution in [-0.2, 0) is 0 Å². The van der Waals surface area contributed by atoms with E-state index >= 15 is 0 Å². The van der Waals surface area contributed by atoms with Crippen molar-refractivity contribution < 1.29 is 0 Å². The molecule has 1 aromatic heterocycles. The SMILES string of the molecule is c1ccc(-n2c3ccccc3c3cc(-c4ccc5c(c4)N(c4ccc6c7ccccc7c7ccccc7c6c4)c4cc6ccccc6cc4S5)ccc32)cc1. The molecule has 1 aliphatic heterocycles. The molecule has 0 spiro atoms. The Kier molecular flexibility index (Phi) is 6.60. The first-order valence-electron chi connectivity index (χ1n) is 18.8. The molecule has 0 amide bonds. The average molecular weight is 717 g/mol. The van der Waals surface area contributed by atoms with Gasteiger partial charge in [-0.15, -0.1) is 0 Å². The zero-order chi connectivity index (χ0) is 36.0. The molecule has 55 heavy (non-hydrogen) atoms. The van der Waals surface area contributed by atoms with Crippen LogP contribution in [0.2, 0.25) is 0 Å². The minimum Gasteiger partial charge on any atom is -0.309 e. The molecule has 2 heterocycles. The summed E-state index contributed by atoms with van der Waals surface area (Å²) in [6, 6.07) is 71.6. The fourth-order valence-corrected chi connectivity index (χ4v) is 10.1. The maximum atomic E-state index is 2.50. The second-order valence-electron chi connectivity index (χ2n) is 14.5. The summed E-state index contributed by atoms with van der Waals surface area (Å²) >= 11 is 1.87. The van der Waals surface area contributed by atoms with Crippen molar-refractivity contribution in [2.45, 2.75) is 9.79 Å². The van der Waals surface area contributed by atoms with Gasteiger partial charge in [0.2, 0.25) is 0 Å². The quantitative estimate of drug-likeness (QED) is 0.168. The first-order chi connectivity index (χ1) is 27.3. The highest BCUT2D eigenvalue weighted by Crippen LogP contribution is 2.54. The normalized spacial score (nSPS) is 12.6. The molecule has 256 valence electrons. The summed E-state index contributed by atoms with van der Waals surface area (Å²) in [5.74, 6) is 0. The van der Waals surface area contributed by atoms with Crippen molar-refractivity contribution >= 4 is 93.7 Å². The van der Waals surface area contributed by atoms with Crippen molar-refractivity contribution in [2.75, 3.05) is 4.90 Å². The number of fused-ring (bicyclic) bond motifs is 12. The Morgan fingerprint density at radius 1 is 0.309 bits per heavy atom. The molecule has 10 aromatic carbocycles. The Bertz CT molecular complexity index is 3320. The Labute approximate surface area is 322 Å². The van der Waals surface area contributed by atoms with Gasteiger partial charge in [-0.05, 0) is 121 Å². The molecular weight excluding hydrogens is 685 g/mol. The molecule has 0 bridgehead atoms. The second kappa shape index (κ2) is 11.8. The molecule has 0 radical (unpaired) electrons. The first kappa shape index (κ1) is 30.6. The lowest BCUT2D eigenvalue weighted by Crippen LogP contribution is -2.15. The van der Waals surface area contributed by atoms with Gasteiger partial charge in [0.05, 0.1) is 22.4 Å². The molecule has 0 fully saturated rings. The smallest absolute Gasteiger partial charge is 0.0608 e. The van der Waals surface area contributed by atoms with Gasteiger partial charge in [-0.2, -0.15) is 0 Å². The van der Waals surface area contributed by atoms with Gasteiger partial charge >= 0.3 is 0 Å². The summed E-state index contributed by atoms with van der Waals surface area (Å²) in [6.07, 6.45) is 0. The fourth-order valence-electron chi connectivity index (χ4n) is 8.99. The van der Waals surface area contributed by atoms with E-state index in [9.17, 15) is 0 Å². The Morgan fingerprint density at radius 3 is 1.64 bits per heavy atom. The van der Waals surface area contributed by atoms with Crippen LogP contribution in [-0.4, -0.2) is 4.57 Å². The monoisotopic (exact) mass is 716 g/mol. The van der Waals surface area contributed by atoms with Crippen LogP contribution in [0.3, 0.4) is 0 Å². The van der Waals surface area contributed by atoms with E-state index in [2.05, 4.69) is 204 Å². The minimum absolute atomic E-state index is 1.16. The van der Waals surface area contributed by atoms with Gasteiger partial charge in [0, 0.05) is 31.9 Å². The maximum absolute atomic E-state index is 2.50. The van der Waals surface area contributed by atoms with E-state index in [1.54, 1.807) is 0 Å². The minimum atomic E-state index is 1.16. The lowest BCUT2D eigenvalue weighted by atomic mass is 9.94. The van der Waals surface area contributed by atoms with Crippen LogP contribution in [0.5, 0.6) is 0 Å². The highest BCUT2D eigenvalue weighted by atomic mass is 32.2. The molecule has 2 nitrogen and oxygen atoms in total. The highest BCUT2D eigenvalue weighted by Gasteiger charge is 2.27. The van der Waals surface area contributed by atoms with Gasteiger partial charge in [-0.1, -0.05) is 139 Å². The highest BCUT2D eigenvalue weighted by molar-refractivity contribution is 7.99. The molecule has 0 saturated carbocycles. The number of aromatic nitrogens is 1. The standard InChI is InChI=1S/C52H32N2S/c1-2-14-37(15-3-1)53-47-21-11-10-20-44(47)46-28-35(22-26-48(46)53)36-23-27-51-49(30-36)54(50-29-33-12-4-5-13-34(33)31-52(50)55-51)38-24-25-43-41-18-7-6-16-39(41)40-17-8-9-19-42(40)45(43)32-38/h1-32H. The fraction of sp³-hybridized carbons (Fsp3) is 0. The third kappa shape index (κ3) is 4.64. The molecule has 1 aliphatic rings. The van der Waals surface area contributed by atoms with Crippen molar-refractivity contribution in [3.63, 3.8) is 0 Å². The topological polar surface area (TPSA) is 8.17 Å². The summed E-state index contributed by atoms with van der Waals surface area (Å²) < 4.78 is 2.38. The largest absolute Gasteiger partial charge is 0.309 e. The van der Waals surface area contributed by atoms with Gasteiger partial charge in [0.1, 0.15) is 0 Å². The first-order valence-corrected chi connectivity index (χ1v) is 19.7. The van der Waals surface area contributed by atoms with E-state index in [1.165, 1.54) is 103 Å². The van der Waals surface area contributed by atoms with Crippen molar-refractivity contribution in [3.8, 4) is 16.8 Å². The molecule has 0 saturated heterocycles. The number of hydrogen-bond acceptors (Lipinski definition) is 2. The summed E-state index contributed by atoms with van der Waals surface area (Å²) in [7, 11) is 0. The number of rotatable bonds is 3. The summed E-state index contributed by atoms with van der Waals surface area (Å²) in [4.78, 5) is 5.01. The van der Waals surface area contributed by atoms with Gasteiger partial charge in [-0.3, -0.25) is 0 Å². The molecule has 3 heteroatoms. The number of benzene rings is 10. The third-order valence-corrected chi connectivity index (χ3v) is 12.6. The van der Waals surface area contributed by atoms with Crippen molar-refractivity contribution in [3.05, 3.63) is 194 Å². The summed E-state index contributed by atoms with van der Waals surface area (Å²) in [5.41, 5.74) is 9.56. The van der Waals surface area contributed by atoms with E-state index in [0.29, 0.717) is 0 Å². The number of anilines is 3. The zero-order valence-corrected chi connectivity index (χ0v) is 30.6. The predicted octanol–water partition coefficient (Wildman–Crippen LogP) is 15.0. The Hall–Kier alpha value is -6.81. The van der Waals surface area contributed by atoms with Crippen LogP contribution in [0.25, 0.3) is 81.7 Å². The molecular formula is C52H32N2S. The van der Waals surface area contributed by atoms with Crippen molar-refractivity contribution in [1.29, 1.82) is 0 Å². The second-order valence-corrected chi connectivity index (χ2v) is 15.6.